The van der Waals surface area contributed by atoms with Gasteiger partial charge in [-0.25, -0.2) is 8.42 Å². The molecule has 1 aliphatic rings. The summed E-state index contributed by atoms with van der Waals surface area (Å²) in [5.41, 5.74) is 0. The highest BCUT2D eigenvalue weighted by molar-refractivity contribution is 8.13. The minimum absolute atomic E-state index is 0.0125. The Morgan fingerprint density at radius 1 is 1.16 bits per heavy atom. The highest BCUT2D eigenvalue weighted by Gasteiger charge is 2.21. The molecule has 1 heterocycles. The van der Waals surface area contributed by atoms with Crippen LogP contribution in [0.4, 0.5) is 0 Å². The first-order valence-electron chi connectivity index (χ1n) is 5.56. The Hall–Kier alpha value is -0.200. The topological polar surface area (TPSA) is 52.6 Å². The monoisotopic (exact) mass is 344 g/mol. The summed E-state index contributed by atoms with van der Waals surface area (Å²) in [4.78, 5) is -0.222. The predicted octanol–water partition coefficient (Wildman–Crippen LogP) is 3.48. The van der Waals surface area contributed by atoms with E-state index in [2.05, 4.69) is 0 Å². The summed E-state index contributed by atoms with van der Waals surface area (Å²) in [7, 11) is 1.33. The van der Waals surface area contributed by atoms with Crippen LogP contribution in [0.25, 0.3) is 0 Å². The Bertz CT molecular complexity index is 568. The summed E-state index contributed by atoms with van der Waals surface area (Å²) in [6.07, 6.45) is 1.49. The van der Waals surface area contributed by atoms with Gasteiger partial charge in [-0.1, -0.05) is 23.2 Å². The molecule has 0 spiro atoms. The molecule has 1 fully saturated rings. The molecular weight excluding hydrogens is 335 g/mol. The van der Waals surface area contributed by atoms with Gasteiger partial charge in [0.2, 0.25) is 0 Å². The zero-order valence-corrected chi connectivity index (χ0v) is 12.8. The predicted molar refractivity (Wildman–Crippen MR) is 74.0 cm³/mol. The Labute approximate surface area is 126 Å². The maximum atomic E-state index is 11.3. The van der Waals surface area contributed by atoms with Gasteiger partial charge in [-0.05, 0) is 6.07 Å². The van der Waals surface area contributed by atoms with Crippen molar-refractivity contribution < 1.29 is 17.9 Å². The molecule has 4 nitrogen and oxygen atoms in total. The minimum Gasteiger partial charge on any atom is -0.489 e. The molecule has 0 aromatic heterocycles. The summed E-state index contributed by atoms with van der Waals surface area (Å²) < 4.78 is 33.5. The van der Waals surface area contributed by atoms with Gasteiger partial charge in [-0.15, -0.1) is 0 Å². The van der Waals surface area contributed by atoms with Gasteiger partial charge in [-0.2, -0.15) is 0 Å². The highest BCUT2D eigenvalue weighted by atomic mass is 35.7. The van der Waals surface area contributed by atoms with Crippen LogP contribution in [0.15, 0.2) is 17.0 Å². The lowest BCUT2D eigenvalue weighted by atomic mass is 10.1. The van der Waals surface area contributed by atoms with E-state index >= 15 is 0 Å². The van der Waals surface area contributed by atoms with Crippen molar-refractivity contribution in [2.75, 3.05) is 13.2 Å². The van der Waals surface area contributed by atoms with E-state index in [-0.39, 0.29) is 21.0 Å². The second kappa shape index (κ2) is 6.06. The van der Waals surface area contributed by atoms with E-state index in [1.54, 1.807) is 0 Å². The molecule has 19 heavy (non-hydrogen) atoms. The van der Waals surface area contributed by atoms with Gasteiger partial charge in [-0.3, -0.25) is 0 Å². The first-order chi connectivity index (χ1) is 8.88. The van der Waals surface area contributed by atoms with Crippen molar-refractivity contribution in [2.45, 2.75) is 23.8 Å². The van der Waals surface area contributed by atoms with E-state index in [1.165, 1.54) is 12.1 Å². The van der Waals surface area contributed by atoms with Crippen LogP contribution in [0.2, 0.25) is 10.0 Å². The molecule has 2 rings (SSSR count). The molecule has 1 saturated heterocycles. The van der Waals surface area contributed by atoms with Crippen molar-refractivity contribution >= 4 is 42.9 Å². The van der Waals surface area contributed by atoms with E-state index in [4.69, 9.17) is 43.4 Å². The van der Waals surface area contributed by atoms with E-state index in [0.717, 1.165) is 12.8 Å². The molecule has 0 amide bonds. The lowest BCUT2D eigenvalue weighted by molar-refractivity contribution is 0.0256. The van der Waals surface area contributed by atoms with Crippen molar-refractivity contribution in [2.24, 2.45) is 0 Å². The van der Waals surface area contributed by atoms with Crippen molar-refractivity contribution in [3.05, 3.63) is 22.2 Å². The van der Waals surface area contributed by atoms with Crippen LogP contribution in [0.5, 0.6) is 5.75 Å². The Morgan fingerprint density at radius 2 is 1.79 bits per heavy atom. The number of hydrogen-bond acceptors (Lipinski definition) is 4. The van der Waals surface area contributed by atoms with Crippen LogP contribution in [0.3, 0.4) is 0 Å². The van der Waals surface area contributed by atoms with Gasteiger partial charge in [0, 0.05) is 29.6 Å². The summed E-state index contributed by atoms with van der Waals surface area (Å²) in [6, 6.07) is 2.56. The van der Waals surface area contributed by atoms with Gasteiger partial charge >= 0.3 is 0 Å². The van der Waals surface area contributed by atoms with Crippen LogP contribution >= 0.6 is 33.9 Å². The zero-order valence-electron chi connectivity index (χ0n) is 9.74. The Balaban J connectivity index is 2.25. The fourth-order valence-electron chi connectivity index (χ4n) is 1.76. The van der Waals surface area contributed by atoms with E-state index in [0.29, 0.717) is 19.0 Å². The zero-order chi connectivity index (χ0) is 14.0. The average Bonchev–Trinajstić information content (AvgIpc) is 2.33. The highest BCUT2D eigenvalue weighted by Crippen LogP contribution is 2.36. The first kappa shape index (κ1) is 15.2. The van der Waals surface area contributed by atoms with E-state index in [1.807, 2.05) is 0 Å². The molecule has 106 valence electrons. The molecule has 0 atom stereocenters. The molecule has 0 aliphatic carbocycles. The summed E-state index contributed by atoms with van der Waals surface area (Å²) >= 11 is 11.9. The van der Waals surface area contributed by atoms with E-state index < -0.39 is 9.05 Å². The van der Waals surface area contributed by atoms with Gasteiger partial charge in [0.05, 0.1) is 23.3 Å². The number of rotatable bonds is 3. The molecule has 8 heteroatoms. The molecule has 0 saturated carbocycles. The standard InChI is InChI=1S/C11H11Cl3O4S/c12-8-6-11(19(14,15)16)9(13)5-10(8)18-7-1-3-17-4-2-7/h5-7H,1-4H2. The third-order valence-electron chi connectivity index (χ3n) is 2.71. The Morgan fingerprint density at radius 3 is 2.37 bits per heavy atom. The molecular formula is C11H11Cl3O4S. The fraction of sp³-hybridized carbons (Fsp3) is 0.455. The number of ether oxygens (including phenoxy) is 2. The maximum absolute atomic E-state index is 11.3. The SMILES string of the molecule is O=S(=O)(Cl)c1cc(Cl)c(OC2CCOCC2)cc1Cl. The lowest BCUT2D eigenvalue weighted by Crippen LogP contribution is -2.26. The maximum Gasteiger partial charge on any atom is 0.262 e. The van der Waals surface area contributed by atoms with E-state index in [9.17, 15) is 8.42 Å². The fourth-order valence-corrected chi connectivity index (χ4v) is 3.54. The van der Waals surface area contributed by atoms with Gasteiger partial charge in [0.25, 0.3) is 9.05 Å². The second-order valence-corrected chi connectivity index (χ2v) is 7.43. The molecule has 1 aromatic carbocycles. The van der Waals surface area contributed by atoms with Crippen LogP contribution in [0.1, 0.15) is 12.8 Å². The largest absolute Gasteiger partial charge is 0.489 e. The van der Waals surface area contributed by atoms with Crippen molar-refractivity contribution in [1.82, 2.24) is 0 Å². The van der Waals surface area contributed by atoms with Crippen molar-refractivity contribution in [3.8, 4) is 5.75 Å². The van der Waals surface area contributed by atoms with Gasteiger partial charge in [0.1, 0.15) is 16.7 Å². The number of halogens is 3. The number of hydrogen-bond donors (Lipinski definition) is 0. The molecule has 0 bridgehead atoms. The van der Waals surface area contributed by atoms with Crippen molar-refractivity contribution in [3.63, 3.8) is 0 Å². The second-order valence-electron chi connectivity index (χ2n) is 4.08. The van der Waals surface area contributed by atoms with Crippen LogP contribution in [-0.4, -0.2) is 27.7 Å². The third-order valence-corrected chi connectivity index (χ3v) is 4.79. The Kier molecular flexibility index (Phi) is 4.84. The molecule has 0 radical (unpaired) electrons. The molecule has 0 N–H and O–H groups in total. The van der Waals surface area contributed by atoms with Crippen LogP contribution in [0, 0.1) is 0 Å². The molecule has 0 unspecified atom stereocenters. The first-order valence-corrected chi connectivity index (χ1v) is 8.62. The van der Waals surface area contributed by atoms with Crippen molar-refractivity contribution in [1.29, 1.82) is 0 Å². The van der Waals surface area contributed by atoms with Crippen LogP contribution in [-0.2, 0) is 13.8 Å². The van der Waals surface area contributed by atoms with Gasteiger partial charge < -0.3 is 9.47 Å². The number of benzene rings is 1. The summed E-state index contributed by atoms with van der Waals surface area (Å²) in [5.74, 6) is 0.350. The minimum atomic E-state index is -3.93. The normalized spacial score (nSPS) is 17.4. The van der Waals surface area contributed by atoms with Crippen LogP contribution < -0.4 is 4.74 Å². The van der Waals surface area contributed by atoms with Gasteiger partial charge in [0.15, 0.2) is 0 Å². The average molecular weight is 346 g/mol. The lowest BCUT2D eigenvalue weighted by Gasteiger charge is -2.24. The third kappa shape index (κ3) is 3.89. The summed E-state index contributed by atoms with van der Waals surface area (Å²) in [5, 5.41) is 0.150. The molecule has 1 aliphatic heterocycles. The molecule has 1 aromatic rings. The smallest absolute Gasteiger partial charge is 0.262 e. The quantitative estimate of drug-likeness (QED) is 0.787. The summed E-state index contributed by atoms with van der Waals surface area (Å²) in [6.45, 7) is 1.26.